The first kappa shape index (κ1) is 46.5. The summed E-state index contributed by atoms with van der Waals surface area (Å²) in [6.07, 6.45) is 2.86. The Labute approximate surface area is 426 Å². The molecule has 1 unspecified atom stereocenters. The fourth-order valence-corrected chi connectivity index (χ4v) is 4.59. The van der Waals surface area contributed by atoms with E-state index in [0.29, 0.717) is 10.0 Å². The first-order valence-electron chi connectivity index (χ1n) is 10.9. The van der Waals surface area contributed by atoms with Crippen LogP contribution in [0.15, 0.2) is 92.3 Å². The van der Waals surface area contributed by atoms with Gasteiger partial charge < -0.3 is 28.9 Å². The van der Waals surface area contributed by atoms with E-state index in [1.807, 2.05) is 0 Å². The second-order valence-electron chi connectivity index (χ2n) is 8.11. The molecule has 2 aromatic rings. The number of amides is 2. The monoisotopic (exact) mass is 756 g/mol. The van der Waals surface area contributed by atoms with Gasteiger partial charge in [-0.15, -0.1) is 0 Å². The van der Waals surface area contributed by atoms with E-state index in [0.717, 1.165) is 66.8 Å². The van der Waals surface area contributed by atoms with E-state index in [2.05, 4.69) is 10.2 Å². The van der Waals surface area contributed by atoms with Crippen LogP contribution in [0.4, 0.5) is 11.4 Å². The van der Waals surface area contributed by atoms with Gasteiger partial charge in [-0.3, -0.25) is 9.59 Å². The SMILES string of the molecule is O=C([O-])C1=NN(c2ccc(S(=O)(=O)[O-])cc2)C(=O)/C1=C/C=C/C1C(=O)N(c2ccc(S(=O)(=O)[O-])cc2)N=C1C(=O)[O-].[K+].[K+].[K+].[K+]. The van der Waals surface area contributed by atoms with Crippen molar-refractivity contribution in [2.45, 2.75) is 9.79 Å². The molecule has 212 valence electrons. The van der Waals surface area contributed by atoms with Crippen LogP contribution in [0, 0.1) is 5.92 Å². The standard InChI is InChI=1S/C23H16N4O12S2.4K/c28-20-16(18(22(30)31)24-26(20)12-4-8-14(9-5-12)40(34,35)36)2-1-3-17-19(23(32)33)25-27(21(17)29)13-6-10-15(11-7-13)41(37,38)39;;;;/h1-11,16H,(H,30,31)(H,32,33)(H,34,35,36)(H,37,38,39);;;;/q;4*+1/p-4/b2-1+,17-3+;;;;. The van der Waals surface area contributed by atoms with Crippen LogP contribution < -0.4 is 226 Å². The molecule has 0 aromatic heterocycles. The van der Waals surface area contributed by atoms with Crippen molar-refractivity contribution in [3.8, 4) is 0 Å². The third kappa shape index (κ3) is 11.2. The summed E-state index contributed by atoms with van der Waals surface area (Å²) in [6, 6.07) is 7.69. The van der Waals surface area contributed by atoms with E-state index in [4.69, 9.17) is 0 Å². The van der Waals surface area contributed by atoms with Crippen molar-refractivity contribution in [2.24, 2.45) is 16.1 Å². The van der Waals surface area contributed by atoms with Crippen LogP contribution in [-0.2, 0) is 39.4 Å². The molecule has 0 spiro atoms. The summed E-state index contributed by atoms with van der Waals surface area (Å²) in [5.74, 6) is -7.27. The Morgan fingerprint density at radius 1 is 0.711 bits per heavy atom. The molecule has 0 bridgehead atoms. The fraction of sp³-hybridized carbons (Fsp3) is 0.0435. The van der Waals surface area contributed by atoms with Crippen LogP contribution in [-0.4, -0.2) is 61.1 Å². The van der Waals surface area contributed by atoms with E-state index in [1.165, 1.54) is 0 Å². The second-order valence-corrected chi connectivity index (χ2v) is 10.9. The van der Waals surface area contributed by atoms with Gasteiger partial charge in [-0.1, -0.05) is 12.2 Å². The summed E-state index contributed by atoms with van der Waals surface area (Å²) in [4.78, 5) is 47.8. The Balaban J connectivity index is 0.00000484. The zero-order chi connectivity index (χ0) is 30.3. The first-order valence-corrected chi connectivity index (χ1v) is 13.7. The van der Waals surface area contributed by atoms with Gasteiger partial charge in [0.05, 0.1) is 38.7 Å². The molecule has 0 saturated heterocycles. The minimum atomic E-state index is -4.79. The molecular weight excluding hydrogens is 745 g/mol. The molecule has 0 aliphatic carbocycles. The van der Waals surface area contributed by atoms with Crippen LogP contribution in [0.25, 0.3) is 0 Å². The van der Waals surface area contributed by atoms with Crippen molar-refractivity contribution < 1.29 is 261 Å². The largest absolute Gasteiger partial charge is 1.00 e. The number of carbonyl (C=O) groups excluding carboxylic acids is 4. The average molecular weight is 757 g/mol. The Kier molecular flexibility index (Phi) is 19.8. The topological polar surface area (TPSA) is 260 Å². The molecule has 0 fully saturated rings. The van der Waals surface area contributed by atoms with Crippen molar-refractivity contribution in [1.82, 2.24) is 0 Å². The molecule has 0 N–H and O–H groups in total. The van der Waals surface area contributed by atoms with Gasteiger partial charge in [-0.05, 0) is 54.6 Å². The zero-order valence-corrected chi connectivity index (χ0v) is 38.1. The summed E-state index contributed by atoms with van der Waals surface area (Å²) in [5, 5.41) is 31.7. The molecule has 0 radical (unpaired) electrons. The molecule has 2 aromatic carbocycles. The number of hydrogen-bond acceptors (Lipinski definition) is 14. The summed E-state index contributed by atoms with van der Waals surface area (Å²) in [6.45, 7) is 0. The number of carboxylic acid groups (broad SMARTS) is 2. The number of allylic oxidation sites excluding steroid dienone is 2. The van der Waals surface area contributed by atoms with Gasteiger partial charge in [0.25, 0.3) is 11.8 Å². The summed E-state index contributed by atoms with van der Waals surface area (Å²) < 4.78 is 66.7. The van der Waals surface area contributed by atoms with Gasteiger partial charge in [0.2, 0.25) is 0 Å². The normalized spacial score (nSPS) is 17.1. The van der Waals surface area contributed by atoms with Gasteiger partial charge in [0.15, 0.2) is 0 Å². The van der Waals surface area contributed by atoms with Crippen molar-refractivity contribution in [3.05, 3.63) is 72.3 Å². The third-order valence-electron chi connectivity index (χ3n) is 5.56. The van der Waals surface area contributed by atoms with Crippen LogP contribution in [0.2, 0.25) is 0 Å². The Hall–Kier alpha value is 1.51. The van der Waals surface area contributed by atoms with Gasteiger partial charge in [-0.2, -0.15) is 20.2 Å². The second kappa shape index (κ2) is 19.2. The number of carbonyl (C=O) groups is 4. The van der Waals surface area contributed by atoms with E-state index >= 15 is 0 Å². The van der Waals surface area contributed by atoms with Crippen molar-refractivity contribution in [3.63, 3.8) is 0 Å². The van der Waals surface area contributed by atoms with Gasteiger partial charge in [0, 0.05) is 0 Å². The predicted molar refractivity (Wildman–Crippen MR) is 129 cm³/mol. The molecule has 2 amide bonds. The maximum absolute atomic E-state index is 12.9. The Morgan fingerprint density at radius 3 is 1.56 bits per heavy atom. The van der Waals surface area contributed by atoms with E-state index < -0.39 is 76.7 Å². The van der Waals surface area contributed by atoms with Crippen LogP contribution in [0.1, 0.15) is 0 Å². The molecule has 4 rings (SSSR count). The Bertz CT molecular complexity index is 1840. The molecule has 2 aliphatic rings. The maximum atomic E-state index is 12.9. The maximum Gasteiger partial charge on any atom is 1.00 e. The average Bonchev–Trinajstić information content (AvgIpc) is 3.40. The van der Waals surface area contributed by atoms with Gasteiger partial charge >= 0.3 is 206 Å². The Morgan fingerprint density at radius 2 is 1.16 bits per heavy atom. The molecule has 22 heteroatoms. The van der Waals surface area contributed by atoms with Crippen LogP contribution >= 0.6 is 0 Å². The number of benzene rings is 2. The minimum Gasteiger partial charge on any atom is -0.744 e. The fourth-order valence-electron chi connectivity index (χ4n) is 3.66. The van der Waals surface area contributed by atoms with Crippen LogP contribution in [0.3, 0.4) is 0 Å². The summed E-state index contributed by atoms with van der Waals surface area (Å²) in [7, 11) is -9.59. The smallest absolute Gasteiger partial charge is 0.744 e. The number of hydrogen-bond donors (Lipinski definition) is 0. The number of nitrogens with zero attached hydrogens (tertiary/aromatic N) is 4. The third-order valence-corrected chi connectivity index (χ3v) is 7.26. The molecule has 16 nitrogen and oxygen atoms in total. The molecule has 0 saturated carbocycles. The molecule has 45 heavy (non-hydrogen) atoms. The van der Waals surface area contributed by atoms with Crippen molar-refractivity contribution in [2.75, 3.05) is 10.0 Å². The van der Waals surface area contributed by atoms with Gasteiger partial charge in [0.1, 0.15) is 37.6 Å². The number of aliphatic carboxylic acids is 2. The zero-order valence-electron chi connectivity index (χ0n) is 23.9. The quantitative estimate of drug-likeness (QED) is 0.138. The van der Waals surface area contributed by atoms with E-state index in [1.54, 1.807) is 0 Å². The van der Waals surface area contributed by atoms with Gasteiger partial charge in [-0.25, -0.2) is 16.8 Å². The molecule has 2 heterocycles. The van der Waals surface area contributed by atoms with Crippen LogP contribution in [0.5, 0.6) is 0 Å². The molecule has 1 atom stereocenters. The number of hydrazone groups is 2. The van der Waals surface area contributed by atoms with Crippen molar-refractivity contribution >= 4 is 66.8 Å². The number of carboxylic acids is 2. The first-order chi connectivity index (χ1) is 19.1. The summed E-state index contributed by atoms with van der Waals surface area (Å²) in [5.41, 5.74) is -2.35. The van der Waals surface area contributed by atoms with E-state index in [-0.39, 0.29) is 217 Å². The van der Waals surface area contributed by atoms with E-state index in [9.17, 15) is 55.3 Å². The summed E-state index contributed by atoms with van der Waals surface area (Å²) >= 11 is 0. The number of anilines is 2. The molecular formula is C23H12K4N4O12S2. The van der Waals surface area contributed by atoms with Crippen molar-refractivity contribution in [1.29, 1.82) is 0 Å². The molecule has 2 aliphatic heterocycles. The minimum absolute atomic E-state index is 0. The predicted octanol–water partition coefficient (Wildman–Crippen LogP) is -14.8. The number of rotatable bonds is 8.